The quantitative estimate of drug-likeness (QED) is 0.904. The van der Waals surface area contributed by atoms with Crippen molar-refractivity contribution in [1.82, 2.24) is 9.78 Å². The van der Waals surface area contributed by atoms with Crippen LogP contribution in [0.1, 0.15) is 19.5 Å². The van der Waals surface area contributed by atoms with Crippen LogP contribution in [0.3, 0.4) is 0 Å². The normalized spacial score (nSPS) is 10.9. The van der Waals surface area contributed by atoms with Crippen molar-refractivity contribution in [2.75, 3.05) is 5.73 Å². The van der Waals surface area contributed by atoms with E-state index >= 15 is 0 Å². The van der Waals surface area contributed by atoms with E-state index in [4.69, 9.17) is 10.5 Å². The summed E-state index contributed by atoms with van der Waals surface area (Å²) in [4.78, 5) is 0. The van der Waals surface area contributed by atoms with Gasteiger partial charge in [0, 0.05) is 18.3 Å². The van der Waals surface area contributed by atoms with Crippen LogP contribution in [0.25, 0.3) is 11.1 Å². The van der Waals surface area contributed by atoms with Crippen LogP contribution >= 0.6 is 0 Å². The summed E-state index contributed by atoms with van der Waals surface area (Å²) < 4.78 is 7.41. The van der Waals surface area contributed by atoms with Gasteiger partial charge in [-0.15, -0.1) is 0 Å². The molecular formula is C14H19N3O. The molecule has 4 nitrogen and oxygen atoms in total. The molecule has 1 aromatic carbocycles. The molecule has 0 spiro atoms. The van der Waals surface area contributed by atoms with Gasteiger partial charge in [0.15, 0.2) is 5.82 Å². The number of nitrogen functional groups attached to an aromatic ring is 1. The van der Waals surface area contributed by atoms with E-state index < -0.39 is 0 Å². The summed E-state index contributed by atoms with van der Waals surface area (Å²) in [5.41, 5.74) is 9.05. The number of nitrogens with two attached hydrogens (primary N) is 1. The molecule has 0 saturated heterocycles. The van der Waals surface area contributed by atoms with Crippen molar-refractivity contribution >= 4 is 5.82 Å². The molecule has 2 aromatic rings. The zero-order valence-electron chi connectivity index (χ0n) is 11.3. The smallest absolute Gasteiger partial charge is 0.153 e. The van der Waals surface area contributed by atoms with Crippen LogP contribution in [0.5, 0.6) is 5.75 Å². The van der Waals surface area contributed by atoms with Crippen molar-refractivity contribution in [2.45, 2.75) is 26.9 Å². The van der Waals surface area contributed by atoms with Gasteiger partial charge in [-0.3, -0.25) is 4.68 Å². The third-order valence-electron chi connectivity index (χ3n) is 2.88. The molecule has 4 heteroatoms. The number of rotatable bonds is 3. The summed E-state index contributed by atoms with van der Waals surface area (Å²) in [7, 11) is 1.89. The molecule has 0 atom stereocenters. The summed E-state index contributed by atoms with van der Waals surface area (Å²) in [6.45, 7) is 6.03. The monoisotopic (exact) mass is 245 g/mol. The second kappa shape index (κ2) is 4.72. The lowest BCUT2D eigenvalue weighted by Gasteiger charge is -2.10. The topological polar surface area (TPSA) is 53.1 Å². The maximum Gasteiger partial charge on any atom is 0.153 e. The molecular weight excluding hydrogens is 226 g/mol. The van der Waals surface area contributed by atoms with E-state index in [1.807, 2.05) is 52.1 Å². The van der Waals surface area contributed by atoms with E-state index in [9.17, 15) is 0 Å². The van der Waals surface area contributed by atoms with E-state index in [-0.39, 0.29) is 6.10 Å². The molecule has 0 aliphatic heterocycles. The van der Waals surface area contributed by atoms with Crippen molar-refractivity contribution in [3.8, 4) is 16.9 Å². The van der Waals surface area contributed by atoms with Crippen LogP contribution in [-0.2, 0) is 7.05 Å². The van der Waals surface area contributed by atoms with Gasteiger partial charge in [-0.25, -0.2) is 0 Å². The minimum Gasteiger partial charge on any atom is -0.491 e. The van der Waals surface area contributed by atoms with E-state index in [2.05, 4.69) is 5.10 Å². The third kappa shape index (κ3) is 2.32. The Labute approximate surface area is 107 Å². The number of hydrogen-bond acceptors (Lipinski definition) is 3. The largest absolute Gasteiger partial charge is 0.491 e. The molecule has 0 saturated carbocycles. The summed E-state index contributed by atoms with van der Waals surface area (Å²) >= 11 is 0. The minimum absolute atomic E-state index is 0.182. The standard InChI is InChI=1S/C14H19N3O/c1-9(2)18-12-7-5-11(6-8-12)13-10(3)17(4)16-14(13)15/h5-9H,1-4H3,(H2,15,16). The highest BCUT2D eigenvalue weighted by molar-refractivity contribution is 5.76. The SMILES string of the molecule is Cc1c(-c2ccc(OC(C)C)cc2)c(N)nn1C. The van der Waals surface area contributed by atoms with E-state index in [0.29, 0.717) is 5.82 Å². The molecule has 1 aromatic heterocycles. The molecule has 2 N–H and O–H groups in total. The fraction of sp³-hybridized carbons (Fsp3) is 0.357. The summed E-state index contributed by atoms with van der Waals surface area (Å²) in [6.07, 6.45) is 0.182. The number of anilines is 1. The van der Waals surface area contributed by atoms with Crippen molar-refractivity contribution in [3.63, 3.8) is 0 Å². The highest BCUT2D eigenvalue weighted by atomic mass is 16.5. The first kappa shape index (κ1) is 12.5. The van der Waals surface area contributed by atoms with Crippen molar-refractivity contribution in [1.29, 1.82) is 0 Å². The molecule has 0 amide bonds. The second-order valence-electron chi connectivity index (χ2n) is 4.66. The number of benzene rings is 1. The van der Waals surface area contributed by atoms with Gasteiger partial charge in [-0.05, 0) is 38.5 Å². The van der Waals surface area contributed by atoms with Gasteiger partial charge < -0.3 is 10.5 Å². The highest BCUT2D eigenvalue weighted by Crippen LogP contribution is 2.30. The van der Waals surface area contributed by atoms with Crippen LogP contribution in [0, 0.1) is 6.92 Å². The Balaban J connectivity index is 2.34. The number of nitrogens with zero attached hydrogens (tertiary/aromatic N) is 2. The molecule has 18 heavy (non-hydrogen) atoms. The Morgan fingerprint density at radius 2 is 1.83 bits per heavy atom. The molecule has 96 valence electrons. The van der Waals surface area contributed by atoms with Crippen LogP contribution in [-0.4, -0.2) is 15.9 Å². The first-order chi connectivity index (χ1) is 8.49. The lowest BCUT2D eigenvalue weighted by atomic mass is 10.1. The Kier molecular flexibility index (Phi) is 3.28. The lowest BCUT2D eigenvalue weighted by molar-refractivity contribution is 0.242. The molecule has 0 aliphatic rings. The first-order valence-corrected chi connectivity index (χ1v) is 6.05. The maximum absolute atomic E-state index is 5.93. The average Bonchev–Trinajstić information content (AvgIpc) is 2.54. The van der Waals surface area contributed by atoms with Crippen molar-refractivity contribution < 1.29 is 4.74 Å². The summed E-state index contributed by atoms with van der Waals surface area (Å²) in [5, 5.41) is 4.22. The maximum atomic E-state index is 5.93. The van der Waals surface area contributed by atoms with Gasteiger partial charge in [0.25, 0.3) is 0 Å². The molecule has 0 bridgehead atoms. The highest BCUT2D eigenvalue weighted by Gasteiger charge is 2.12. The fourth-order valence-electron chi connectivity index (χ4n) is 1.96. The number of hydrogen-bond donors (Lipinski definition) is 1. The third-order valence-corrected chi connectivity index (χ3v) is 2.88. The Bertz CT molecular complexity index is 541. The number of aryl methyl sites for hydroxylation is 1. The van der Waals surface area contributed by atoms with Crippen molar-refractivity contribution in [3.05, 3.63) is 30.0 Å². The van der Waals surface area contributed by atoms with Crippen molar-refractivity contribution in [2.24, 2.45) is 7.05 Å². The Morgan fingerprint density at radius 3 is 2.28 bits per heavy atom. The van der Waals surface area contributed by atoms with E-state index in [1.165, 1.54) is 0 Å². The van der Waals surface area contributed by atoms with Gasteiger partial charge in [-0.2, -0.15) is 5.10 Å². The molecule has 1 heterocycles. The molecule has 0 unspecified atom stereocenters. The molecule has 0 radical (unpaired) electrons. The predicted octanol–water partition coefficient (Wildman–Crippen LogP) is 2.76. The Morgan fingerprint density at radius 1 is 1.22 bits per heavy atom. The molecule has 0 fully saturated rings. The van der Waals surface area contributed by atoms with Crippen LogP contribution in [0.2, 0.25) is 0 Å². The van der Waals surface area contributed by atoms with Gasteiger partial charge in [0.1, 0.15) is 5.75 Å². The van der Waals surface area contributed by atoms with Gasteiger partial charge in [-0.1, -0.05) is 12.1 Å². The summed E-state index contributed by atoms with van der Waals surface area (Å²) in [6, 6.07) is 7.94. The average molecular weight is 245 g/mol. The van der Waals surface area contributed by atoms with Gasteiger partial charge in [0.05, 0.1) is 6.10 Å². The second-order valence-corrected chi connectivity index (χ2v) is 4.66. The van der Waals surface area contributed by atoms with Gasteiger partial charge >= 0.3 is 0 Å². The van der Waals surface area contributed by atoms with Crippen LogP contribution < -0.4 is 10.5 Å². The molecule has 0 aliphatic carbocycles. The zero-order valence-corrected chi connectivity index (χ0v) is 11.3. The zero-order chi connectivity index (χ0) is 13.3. The summed E-state index contributed by atoms with van der Waals surface area (Å²) in [5.74, 6) is 1.43. The van der Waals surface area contributed by atoms with Crippen LogP contribution in [0.4, 0.5) is 5.82 Å². The molecule has 2 rings (SSSR count). The first-order valence-electron chi connectivity index (χ1n) is 6.05. The number of ether oxygens (including phenoxy) is 1. The number of aromatic nitrogens is 2. The van der Waals surface area contributed by atoms with Gasteiger partial charge in [0.2, 0.25) is 0 Å². The van der Waals surface area contributed by atoms with E-state index in [1.54, 1.807) is 4.68 Å². The minimum atomic E-state index is 0.182. The lowest BCUT2D eigenvalue weighted by Crippen LogP contribution is -2.05. The Hall–Kier alpha value is -1.97. The van der Waals surface area contributed by atoms with Crippen LogP contribution in [0.15, 0.2) is 24.3 Å². The fourth-order valence-corrected chi connectivity index (χ4v) is 1.96. The van der Waals surface area contributed by atoms with E-state index in [0.717, 1.165) is 22.6 Å². The predicted molar refractivity (Wildman–Crippen MR) is 73.6 cm³/mol.